The molecule has 0 fully saturated rings. The van der Waals surface area contributed by atoms with Crippen LogP contribution in [0.2, 0.25) is 0 Å². The number of Topliss-reactive ketones (excluding diaryl/α,β-unsaturated/α-hetero) is 1. The molecule has 9 heteroatoms. The van der Waals surface area contributed by atoms with Gasteiger partial charge < -0.3 is 20.1 Å². The molecule has 2 rings (SSSR count). The number of amides is 3. The van der Waals surface area contributed by atoms with Crippen molar-refractivity contribution in [2.45, 2.75) is 19.9 Å². The Bertz CT molecular complexity index is 742. The fourth-order valence-corrected chi connectivity index (χ4v) is 2.03. The van der Waals surface area contributed by atoms with Crippen LogP contribution in [0.1, 0.15) is 13.8 Å². The molecule has 0 saturated carbocycles. The van der Waals surface area contributed by atoms with E-state index < -0.39 is 30.3 Å². The van der Waals surface area contributed by atoms with Gasteiger partial charge in [-0.1, -0.05) is 18.2 Å². The van der Waals surface area contributed by atoms with Gasteiger partial charge in [0.15, 0.2) is 18.8 Å². The second kappa shape index (κ2) is 8.65. The maximum Gasteiger partial charge on any atom is 0.347 e. The maximum absolute atomic E-state index is 12.1. The molecule has 1 aliphatic rings. The van der Waals surface area contributed by atoms with Crippen molar-refractivity contribution in [2.75, 3.05) is 18.5 Å². The number of nitrogens with one attached hydrogen (secondary N) is 3. The van der Waals surface area contributed by atoms with Gasteiger partial charge in [-0.15, -0.1) is 0 Å². The number of imide groups is 1. The van der Waals surface area contributed by atoms with Gasteiger partial charge in [-0.05, 0) is 26.0 Å². The summed E-state index contributed by atoms with van der Waals surface area (Å²) in [6, 6.07) is 7.94. The Morgan fingerprint density at radius 2 is 1.88 bits per heavy atom. The molecule has 0 bridgehead atoms. The number of hydrogen-bond donors (Lipinski definition) is 3. The lowest BCUT2D eigenvalue weighted by atomic mass is 10.2. The number of carbonyl (C=O) groups is 4. The lowest BCUT2D eigenvalue weighted by Gasteiger charge is -2.10. The molecule has 0 spiro atoms. The minimum atomic E-state index is -1.01. The Balaban J connectivity index is 1.95. The molecule has 1 heterocycles. The second-order valence-electron chi connectivity index (χ2n) is 5.66. The Labute approximate surface area is 149 Å². The van der Waals surface area contributed by atoms with E-state index in [4.69, 9.17) is 9.47 Å². The highest BCUT2D eigenvalue weighted by atomic mass is 16.5. The predicted octanol–water partition coefficient (Wildman–Crippen LogP) is 0.687. The lowest BCUT2D eigenvalue weighted by Crippen LogP contribution is -2.44. The van der Waals surface area contributed by atoms with Crippen LogP contribution in [-0.2, 0) is 23.9 Å². The maximum atomic E-state index is 12.1. The molecule has 3 amide bonds. The van der Waals surface area contributed by atoms with E-state index in [9.17, 15) is 19.2 Å². The minimum absolute atomic E-state index is 0.0378. The standard InChI is InChI=1S/C17H19N3O6/c1-10(2)18-17(24)20-13(22)9-26-16(23)14-12(21)8-25-15(14)19-11-6-4-3-5-7-11/h3-7,10,19H,8-9H2,1-2H3,(H2,18,20,22,24). The number of ether oxygens (including phenoxy) is 2. The average Bonchev–Trinajstić information content (AvgIpc) is 2.93. The summed E-state index contributed by atoms with van der Waals surface area (Å²) in [6.07, 6.45) is 0. The van der Waals surface area contributed by atoms with Crippen molar-refractivity contribution in [3.63, 3.8) is 0 Å². The largest absolute Gasteiger partial charge is 0.470 e. The molecule has 0 unspecified atom stereocenters. The number of hydrogen-bond acceptors (Lipinski definition) is 7. The van der Waals surface area contributed by atoms with Gasteiger partial charge in [-0.3, -0.25) is 14.9 Å². The fraction of sp³-hybridized carbons (Fsp3) is 0.294. The molecule has 1 aromatic rings. The zero-order valence-corrected chi connectivity index (χ0v) is 14.3. The van der Waals surface area contributed by atoms with Crippen molar-refractivity contribution in [3.8, 4) is 0 Å². The molecular formula is C17H19N3O6. The molecule has 26 heavy (non-hydrogen) atoms. The lowest BCUT2D eigenvalue weighted by molar-refractivity contribution is -0.145. The summed E-state index contributed by atoms with van der Waals surface area (Å²) < 4.78 is 9.97. The third-order valence-corrected chi connectivity index (χ3v) is 3.10. The van der Waals surface area contributed by atoms with Gasteiger partial charge in [0.05, 0.1) is 0 Å². The van der Waals surface area contributed by atoms with Gasteiger partial charge in [0, 0.05) is 11.7 Å². The number of carbonyl (C=O) groups excluding carboxylic acids is 4. The van der Waals surface area contributed by atoms with E-state index in [2.05, 4.69) is 10.6 Å². The molecule has 3 N–H and O–H groups in total. The Kier molecular flexibility index (Phi) is 6.31. The van der Waals surface area contributed by atoms with Gasteiger partial charge in [-0.25, -0.2) is 9.59 Å². The smallest absolute Gasteiger partial charge is 0.347 e. The summed E-state index contributed by atoms with van der Waals surface area (Å²) >= 11 is 0. The van der Waals surface area contributed by atoms with Gasteiger partial charge in [0.1, 0.15) is 0 Å². The van der Waals surface area contributed by atoms with Crippen LogP contribution in [0.3, 0.4) is 0 Å². The number of para-hydroxylation sites is 1. The minimum Gasteiger partial charge on any atom is -0.470 e. The Morgan fingerprint density at radius 3 is 2.54 bits per heavy atom. The van der Waals surface area contributed by atoms with Crippen molar-refractivity contribution in [1.29, 1.82) is 0 Å². The topological polar surface area (TPSA) is 123 Å². The Hall–Kier alpha value is -3.36. The summed E-state index contributed by atoms with van der Waals surface area (Å²) in [7, 11) is 0. The molecule has 1 aliphatic heterocycles. The van der Waals surface area contributed by atoms with Crippen molar-refractivity contribution < 1.29 is 28.7 Å². The highest BCUT2D eigenvalue weighted by molar-refractivity contribution is 6.20. The van der Waals surface area contributed by atoms with Gasteiger partial charge in [0.2, 0.25) is 11.7 Å². The SMILES string of the molecule is CC(C)NC(=O)NC(=O)COC(=O)C1=C(Nc2ccccc2)OCC1=O. The zero-order valence-electron chi connectivity index (χ0n) is 14.3. The first kappa shape index (κ1) is 19.0. The summed E-state index contributed by atoms with van der Waals surface area (Å²) in [5.74, 6) is -2.43. The fourth-order valence-electron chi connectivity index (χ4n) is 2.03. The van der Waals surface area contributed by atoms with Crippen LogP contribution in [0, 0.1) is 0 Å². The van der Waals surface area contributed by atoms with Crippen LogP contribution in [-0.4, -0.2) is 42.9 Å². The number of ketones is 1. The number of rotatable bonds is 6. The van der Waals surface area contributed by atoms with E-state index in [1.807, 2.05) is 11.4 Å². The van der Waals surface area contributed by atoms with E-state index in [1.165, 1.54) is 0 Å². The van der Waals surface area contributed by atoms with Crippen LogP contribution in [0.25, 0.3) is 0 Å². The molecule has 0 aliphatic carbocycles. The van der Waals surface area contributed by atoms with E-state index in [1.54, 1.807) is 38.1 Å². The van der Waals surface area contributed by atoms with Crippen molar-refractivity contribution >= 4 is 29.4 Å². The van der Waals surface area contributed by atoms with Gasteiger partial charge in [-0.2, -0.15) is 0 Å². The molecule has 1 aromatic carbocycles. The molecule has 0 atom stereocenters. The molecule has 138 valence electrons. The number of urea groups is 1. The number of anilines is 1. The Morgan fingerprint density at radius 1 is 1.19 bits per heavy atom. The predicted molar refractivity (Wildman–Crippen MR) is 90.8 cm³/mol. The first-order chi connectivity index (χ1) is 12.4. The second-order valence-corrected chi connectivity index (χ2v) is 5.66. The van der Waals surface area contributed by atoms with Gasteiger partial charge in [0.25, 0.3) is 5.91 Å². The first-order valence-corrected chi connectivity index (χ1v) is 7.86. The molecule has 0 saturated heterocycles. The quantitative estimate of drug-likeness (QED) is 0.503. The summed E-state index contributed by atoms with van der Waals surface area (Å²) in [5, 5.41) is 7.27. The van der Waals surface area contributed by atoms with Crippen LogP contribution < -0.4 is 16.0 Å². The van der Waals surface area contributed by atoms with Crippen LogP contribution >= 0.6 is 0 Å². The third-order valence-electron chi connectivity index (χ3n) is 3.10. The average molecular weight is 361 g/mol. The molecule has 0 aromatic heterocycles. The van der Waals surface area contributed by atoms with Gasteiger partial charge >= 0.3 is 12.0 Å². The third kappa shape index (κ3) is 5.33. The zero-order chi connectivity index (χ0) is 19.1. The van der Waals surface area contributed by atoms with Crippen LogP contribution in [0.5, 0.6) is 0 Å². The number of benzene rings is 1. The van der Waals surface area contributed by atoms with Crippen LogP contribution in [0.4, 0.5) is 10.5 Å². The number of esters is 1. The summed E-state index contributed by atoms with van der Waals surface area (Å²) in [6.45, 7) is 2.44. The normalized spacial score (nSPS) is 13.3. The molecule has 9 nitrogen and oxygen atoms in total. The molecule has 0 radical (unpaired) electrons. The summed E-state index contributed by atoms with van der Waals surface area (Å²) in [5.41, 5.74) is 0.305. The summed E-state index contributed by atoms with van der Waals surface area (Å²) in [4.78, 5) is 47.0. The monoisotopic (exact) mass is 361 g/mol. The van der Waals surface area contributed by atoms with Crippen molar-refractivity contribution in [3.05, 3.63) is 41.8 Å². The van der Waals surface area contributed by atoms with E-state index >= 15 is 0 Å². The molecular weight excluding hydrogens is 342 g/mol. The highest BCUT2D eigenvalue weighted by Crippen LogP contribution is 2.20. The van der Waals surface area contributed by atoms with E-state index in [-0.39, 0.29) is 24.1 Å². The van der Waals surface area contributed by atoms with Crippen molar-refractivity contribution in [1.82, 2.24) is 10.6 Å². The highest BCUT2D eigenvalue weighted by Gasteiger charge is 2.33. The van der Waals surface area contributed by atoms with E-state index in [0.29, 0.717) is 5.69 Å². The van der Waals surface area contributed by atoms with E-state index in [0.717, 1.165) is 0 Å². The first-order valence-electron chi connectivity index (χ1n) is 7.86. The van der Waals surface area contributed by atoms with Crippen molar-refractivity contribution in [2.24, 2.45) is 0 Å². The van der Waals surface area contributed by atoms with Crippen LogP contribution in [0.15, 0.2) is 41.8 Å².